The van der Waals surface area contributed by atoms with Crippen LogP contribution in [0.2, 0.25) is 5.02 Å². The lowest BCUT2D eigenvalue weighted by Gasteiger charge is -2.27. The summed E-state index contributed by atoms with van der Waals surface area (Å²) in [4.78, 5) is 31.8. The Morgan fingerprint density at radius 2 is 1.79 bits per heavy atom. The molecule has 1 aliphatic rings. The van der Waals surface area contributed by atoms with Gasteiger partial charge in [-0.1, -0.05) is 17.7 Å². The van der Waals surface area contributed by atoms with E-state index in [1.807, 2.05) is 0 Å². The molecule has 2 N–H and O–H groups in total. The molecule has 4 aromatic rings. The van der Waals surface area contributed by atoms with E-state index in [2.05, 4.69) is 20.7 Å². The van der Waals surface area contributed by atoms with Crippen molar-refractivity contribution < 1.29 is 23.1 Å². The predicted molar refractivity (Wildman–Crippen MR) is 159 cm³/mol. The quantitative estimate of drug-likeness (QED) is 0.305. The van der Waals surface area contributed by atoms with Crippen LogP contribution in [-0.2, 0) is 18.3 Å². The molecule has 1 aliphatic heterocycles. The van der Waals surface area contributed by atoms with Crippen molar-refractivity contribution in [3.8, 4) is 22.4 Å². The lowest BCUT2D eigenvalue weighted by Crippen LogP contribution is -2.46. The molecule has 0 unspecified atom stereocenters. The van der Waals surface area contributed by atoms with Gasteiger partial charge in [0.2, 0.25) is 0 Å². The standard InChI is InChI=1S/C30H32ClF2N7O3/c1-17-25(18(2)40(37-17)13-14-43-4)22-8-7-21(26(32)27(22)33)24-16-35-28(38(24)3)29(41)36-19-5-6-20(23(31)15-19)30(42)39-11-9-34-10-12-39/h5-8,15-16,34H,9-14H2,1-4H3,(H,36,41). The lowest BCUT2D eigenvalue weighted by molar-refractivity contribution is 0.0736. The Kier molecular flexibility index (Phi) is 8.90. The largest absolute Gasteiger partial charge is 0.383 e. The van der Waals surface area contributed by atoms with Crippen LogP contribution in [0.3, 0.4) is 0 Å². The van der Waals surface area contributed by atoms with Gasteiger partial charge in [-0.25, -0.2) is 13.8 Å². The van der Waals surface area contributed by atoms with Crippen LogP contribution < -0.4 is 10.6 Å². The number of hydrogen-bond donors (Lipinski definition) is 2. The number of nitrogens with one attached hydrogen (secondary N) is 2. The second kappa shape index (κ2) is 12.6. The molecule has 2 aromatic heterocycles. The number of piperazine rings is 1. The van der Waals surface area contributed by atoms with Crippen LogP contribution in [0.25, 0.3) is 22.4 Å². The summed E-state index contributed by atoms with van der Waals surface area (Å²) in [6.07, 6.45) is 1.31. The van der Waals surface area contributed by atoms with Gasteiger partial charge < -0.3 is 24.8 Å². The van der Waals surface area contributed by atoms with Gasteiger partial charge in [0.25, 0.3) is 11.8 Å². The van der Waals surface area contributed by atoms with Crippen LogP contribution in [0.1, 0.15) is 32.4 Å². The van der Waals surface area contributed by atoms with Crippen LogP contribution in [-0.4, -0.2) is 75.9 Å². The molecular weight excluding hydrogens is 580 g/mol. The van der Waals surface area contributed by atoms with E-state index >= 15 is 8.78 Å². The number of benzene rings is 2. The first-order chi connectivity index (χ1) is 20.6. The number of carbonyl (C=O) groups excluding carboxylic acids is 2. The van der Waals surface area contributed by atoms with Gasteiger partial charge in [0.1, 0.15) is 0 Å². The van der Waals surface area contributed by atoms with Gasteiger partial charge in [0, 0.05) is 68.4 Å². The van der Waals surface area contributed by atoms with Gasteiger partial charge in [0.05, 0.1) is 41.3 Å². The lowest BCUT2D eigenvalue weighted by atomic mass is 10.00. The van der Waals surface area contributed by atoms with Crippen molar-refractivity contribution in [2.75, 3.05) is 45.2 Å². The number of carbonyl (C=O) groups is 2. The van der Waals surface area contributed by atoms with E-state index in [-0.39, 0.29) is 33.6 Å². The number of nitrogens with zero attached hydrogens (tertiary/aromatic N) is 5. The van der Waals surface area contributed by atoms with Crippen LogP contribution in [0.4, 0.5) is 14.5 Å². The normalized spacial score (nSPS) is 13.4. The number of aromatic nitrogens is 4. The van der Waals surface area contributed by atoms with Gasteiger partial charge >= 0.3 is 0 Å². The molecule has 0 aliphatic carbocycles. The number of hydrogen-bond acceptors (Lipinski definition) is 6. The highest BCUT2D eigenvalue weighted by Gasteiger charge is 2.25. The number of amides is 2. The number of halogens is 3. The summed E-state index contributed by atoms with van der Waals surface area (Å²) in [5, 5.41) is 10.6. The van der Waals surface area contributed by atoms with Crippen molar-refractivity contribution >= 4 is 29.1 Å². The molecule has 1 fully saturated rings. The molecule has 0 radical (unpaired) electrons. The maximum atomic E-state index is 15.5. The fourth-order valence-corrected chi connectivity index (χ4v) is 5.55. The molecule has 2 amide bonds. The Hall–Kier alpha value is -4.13. The molecule has 0 bridgehead atoms. The average molecular weight is 612 g/mol. The van der Waals surface area contributed by atoms with Crippen molar-refractivity contribution in [2.45, 2.75) is 20.4 Å². The highest BCUT2D eigenvalue weighted by atomic mass is 35.5. The van der Waals surface area contributed by atoms with Crippen LogP contribution in [0.15, 0.2) is 36.5 Å². The fraction of sp³-hybridized carbons (Fsp3) is 0.333. The van der Waals surface area contributed by atoms with E-state index in [9.17, 15) is 9.59 Å². The number of aryl methyl sites for hydroxylation is 1. The Morgan fingerprint density at radius 3 is 2.49 bits per heavy atom. The van der Waals surface area contributed by atoms with E-state index in [0.717, 1.165) is 0 Å². The smallest absolute Gasteiger partial charge is 0.291 e. The van der Waals surface area contributed by atoms with Crippen molar-refractivity contribution in [1.82, 2.24) is 29.5 Å². The molecule has 1 saturated heterocycles. The molecule has 2 aromatic carbocycles. The predicted octanol–water partition coefficient (Wildman–Crippen LogP) is 4.44. The minimum absolute atomic E-state index is 0.0258. The highest BCUT2D eigenvalue weighted by molar-refractivity contribution is 6.34. The molecule has 43 heavy (non-hydrogen) atoms. The van der Waals surface area contributed by atoms with Crippen molar-refractivity contribution in [3.63, 3.8) is 0 Å². The summed E-state index contributed by atoms with van der Waals surface area (Å²) >= 11 is 6.40. The van der Waals surface area contributed by atoms with Crippen LogP contribution in [0, 0.1) is 25.5 Å². The summed E-state index contributed by atoms with van der Waals surface area (Å²) in [6.45, 7) is 7.05. The minimum atomic E-state index is -1.06. The molecule has 0 saturated carbocycles. The third kappa shape index (κ3) is 5.90. The minimum Gasteiger partial charge on any atom is -0.383 e. The average Bonchev–Trinajstić information content (AvgIpc) is 3.51. The molecule has 13 heteroatoms. The number of rotatable bonds is 8. The third-order valence-corrected chi connectivity index (χ3v) is 7.88. The second-order valence-corrected chi connectivity index (χ2v) is 10.7. The van der Waals surface area contributed by atoms with Crippen molar-refractivity contribution in [3.05, 3.63) is 76.0 Å². The van der Waals surface area contributed by atoms with Gasteiger partial charge in [-0.2, -0.15) is 5.10 Å². The fourth-order valence-electron chi connectivity index (χ4n) is 5.28. The SMILES string of the molecule is COCCn1nc(C)c(-c2ccc(-c3cnc(C(=O)Nc4ccc(C(=O)N5CCNCC5)c(Cl)c4)n3C)c(F)c2F)c1C. The Morgan fingerprint density at radius 1 is 1.09 bits per heavy atom. The van der Waals surface area contributed by atoms with Crippen LogP contribution in [0.5, 0.6) is 0 Å². The summed E-state index contributed by atoms with van der Waals surface area (Å²) in [5.74, 6) is -2.87. The van der Waals surface area contributed by atoms with Gasteiger partial charge in [-0.3, -0.25) is 14.3 Å². The number of imidazole rings is 1. The van der Waals surface area contributed by atoms with E-state index in [0.29, 0.717) is 67.5 Å². The Bertz CT molecular complexity index is 1700. The van der Waals surface area contributed by atoms with E-state index in [1.165, 1.54) is 29.0 Å². The van der Waals surface area contributed by atoms with Gasteiger partial charge in [-0.05, 0) is 38.1 Å². The summed E-state index contributed by atoms with van der Waals surface area (Å²) in [6, 6.07) is 7.61. The first-order valence-electron chi connectivity index (χ1n) is 13.8. The molecule has 0 atom stereocenters. The van der Waals surface area contributed by atoms with Crippen LogP contribution >= 0.6 is 11.6 Å². The topological polar surface area (TPSA) is 106 Å². The molecule has 5 rings (SSSR count). The third-order valence-electron chi connectivity index (χ3n) is 7.57. The summed E-state index contributed by atoms with van der Waals surface area (Å²) in [5.41, 5.74) is 2.74. The maximum absolute atomic E-state index is 15.5. The highest BCUT2D eigenvalue weighted by Crippen LogP contribution is 2.35. The monoisotopic (exact) mass is 611 g/mol. The Labute approximate surface area is 252 Å². The summed E-state index contributed by atoms with van der Waals surface area (Å²) in [7, 11) is 3.12. The van der Waals surface area contributed by atoms with E-state index in [4.69, 9.17) is 16.3 Å². The molecule has 3 heterocycles. The van der Waals surface area contributed by atoms with Gasteiger partial charge in [-0.15, -0.1) is 0 Å². The van der Waals surface area contributed by atoms with Crippen molar-refractivity contribution in [1.29, 1.82) is 0 Å². The first kappa shape index (κ1) is 30.3. The van der Waals surface area contributed by atoms with E-state index < -0.39 is 17.5 Å². The molecule has 226 valence electrons. The zero-order chi connectivity index (χ0) is 30.8. The zero-order valence-electron chi connectivity index (χ0n) is 24.3. The number of anilines is 1. The zero-order valence-corrected chi connectivity index (χ0v) is 25.1. The Balaban J connectivity index is 1.36. The molecule has 0 spiro atoms. The van der Waals surface area contributed by atoms with E-state index in [1.54, 1.807) is 49.7 Å². The maximum Gasteiger partial charge on any atom is 0.291 e. The summed E-state index contributed by atoms with van der Waals surface area (Å²) < 4.78 is 39.2. The van der Waals surface area contributed by atoms with Gasteiger partial charge in [0.15, 0.2) is 17.5 Å². The number of ether oxygens (including phenoxy) is 1. The first-order valence-corrected chi connectivity index (χ1v) is 14.1. The molecular formula is C30H32ClF2N7O3. The number of methoxy groups -OCH3 is 1. The van der Waals surface area contributed by atoms with Crippen molar-refractivity contribution in [2.24, 2.45) is 7.05 Å². The molecule has 10 nitrogen and oxygen atoms in total. The second-order valence-electron chi connectivity index (χ2n) is 10.3.